The average Bonchev–Trinajstić information content (AvgIpc) is 2.15. The van der Waals surface area contributed by atoms with E-state index in [0.717, 1.165) is 0 Å². The van der Waals surface area contributed by atoms with Gasteiger partial charge in [-0.25, -0.2) is 4.98 Å². The van der Waals surface area contributed by atoms with Crippen molar-refractivity contribution in [3.63, 3.8) is 0 Å². The molecule has 1 rings (SSSR count). The number of halogens is 1. The van der Waals surface area contributed by atoms with Crippen molar-refractivity contribution >= 4 is 23.2 Å². The molecule has 0 aromatic carbocycles. The molecule has 0 fully saturated rings. The predicted molar refractivity (Wildman–Crippen MR) is 57.7 cm³/mol. The maximum absolute atomic E-state index is 10.9. The van der Waals surface area contributed by atoms with Gasteiger partial charge in [0.15, 0.2) is 5.78 Å². The quantitative estimate of drug-likeness (QED) is 0.777. The largest absolute Gasteiger partial charge is 0.365 e. The summed E-state index contributed by atoms with van der Waals surface area (Å²) >= 11 is 5.57. The van der Waals surface area contributed by atoms with Crippen LogP contribution in [-0.2, 0) is 0 Å². The van der Waals surface area contributed by atoms with E-state index in [-0.39, 0.29) is 5.78 Å². The predicted octanol–water partition coefficient (Wildman–Crippen LogP) is 2.45. The highest BCUT2D eigenvalue weighted by atomic mass is 35.5. The fourth-order valence-electron chi connectivity index (χ4n) is 0.893. The van der Waals surface area contributed by atoms with Crippen LogP contribution >= 0.6 is 11.6 Å². The summed E-state index contributed by atoms with van der Waals surface area (Å²) in [5, 5.41) is 3.47. The Morgan fingerprint density at radius 3 is 2.79 bits per heavy atom. The van der Waals surface area contributed by atoms with Crippen molar-refractivity contribution in [2.75, 3.05) is 11.9 Å². The molecule has 1 aromatic heterocycles. The summed E-state index contributed by atoms with van der Waals surface area (Å²) < 4.78 is 0. The highest BCUT2D eigenvalue weighted by molar-refractivity contribution is 6.29. The van der Waals surface area contributed by atoms with Crippen LogP contribution in [0.3, 0.4) is 0 Å². The number of Topliss-reactive ketones (excluding diaryl/α,β-unsaturated/α-hetero) is 1. The minimum atomic E-state index is 0.00537. The number of rotatable bonds is 4. The van der Waals surface area contributed by atoms with Crippen molar-refractivity contribution in [2.45, 2.75) is 6.92 Å². The minimum absolute atomic E-state index is 0.00537. The average molecular weight is 211 g/mol. The van der Waals surface area contributed by atoms with Crippen LogP contribution in [0.4, 0.5) is 5.82 Å². The Hall–Kier alpha value is -1.35. The molecule has 0 bridgehead atoms. The van der Waals surface area contributed by atoms with Crippen molar-refractivity contribution in [1.82, 2.24) is 4.98 Å². The van der Waals surface area contributed by atoms with Gasteiger partial charge in [0.1, 0.15) is 5.82 Å². The lowest BCUT2D eigenvalue weighted by Gasteiger charge is -2.03. The molecule has 0 unspecified atom stereocenters. The Morgan fingerprint density at radius 1 is 1.64 bits per heavy atom. The number of nitrogens with one attached hydrogen (secondary N) is 1. The Morgan fingerprint density at radius 2 is 2.36 bits per heavy atom. The number of carbonyl (C=O) groups is 1. The second-order valence-electron chi connectivity index (χ2n) is 2.86. The molecule has 0 radical (unpaired) electrons. The molecule has 0 spiro atoms. The first-order valence-corrected chi connectivity index (χ1v) is 4.51. The van der Waals surface area contributed by atoms with Gasteiger partial charge in [-0.2, -0.15) is 0 Å². The molecule has 0 amide bonds. The highest BCUT2D eigenvalue weighted by Gasteiger charge is 1.99. The molecule has 1 N–H and O–H groups in total. The first-order valence-electron chi connectivity index (χ1n) is 4.13. The van der Waals surface area contributed by atoms with Crippen molar-refractivity contribution in [3.05, 3.63) is 35.5 Å². The SMILES string of the molecule is C=C(Cl)CNc1ccc(C(C)=O)cn1. The van der Waals surface area contributed by atoms with Crippen LogP contribution in [0, 0.1) is 0 Å². The molecule has 0 aliphatic carbocycles. The summed E-state index contributed by atoms with van der Waals surface area (Å²) in [5.41, 5.74) is 0.597. The van der Waals surface area contributed by atoms with Gasteiger partial charge in [0, 0.05) is 16.8 Å². The zero-order chi connectivity index (χ0) is 10.6. The van der Waals surface area contributed by atoms with Gasteiger partial charge in [-0.3, -0.25) is 4.79 Å². The van der Waals surface area contributed by atoms with E-state index in [2.05, 4.69) is 16.9 Å². The Kier molecular flexibility index (Phi) is 3.65. The molecular weight excluding hydrogens is 200 g/mol. The van der Waals surface area contributed by atoms with Crippen LogP contribution in [0.1, 0.15) is 17.3 Å². The monoisotopic (exact) mass is 210 g/mol. The number of aromatic nitrogens is 1. The standard InChI is InChI=1S/C10H11ClN2O/c1-7(11)5-12-10-4-3-9(6-13-10)8(2)14/h3-4,6H,1,5H2,2H3,(H,12,13). The van der Waals surface area contributed by atoms with Gasteiger partial charge in [0.05, 0.1) is 6.54 Å². The maximum atomic E-state index is 10.9. The van der Waals surface area contributed by atoms with E-state index in [1.165, 1.54) is 13.1 Å². The Balaban J connectivity index is 2.64. The minimum Gasteiger partial charge on any atom is -0.365 e. The zero-order valence-corrected chi connectivity index (χ0v) is 8.64. The van der Waals surface area contributed by atoms with Gasteiger partial charge in [-0.05, 0) is 19.1 Å². The van der Waals surface area contributed by atoms with Crippen LogP contribution in [0.25, 0.3) is 0 Å². The van der Waals surface area contributed by atoms with E-state index in [9.17, 15) is 4.79 Å². The molecule has 3 nitrogen and oxygen atoms in total. The number of ketones is 1. The fourth-order valence-corrected chi connectivity index (χ4v) is 0.960. The van der Waals surface area contributed by atoms with E-state index in [1.807, 2.05) is 0 Å². The van der Waals surface area contributed by atoms with Crippen LogP contribution in [-0.4, -0.2) is 17.3 Å². The van der Waals surface area contributed by atoms with Crippen LogP contribution in [0.5, 0.6) is 0 Å². The molecule has 0 aliphatic rings. The van der Waals surface area contributed by atoms with Crippen molar-refractivity contribution < 1.29 is 4.79 Å². The van der Waals surface area contributed by atoms with E-state index < -0.39 is 0 Å². The van der Waals surface area contributed by atoms with Gasteiger partial charge in [-0.15, -0.1) is 0 Å². The molecule has 0 saturated carbocycles. The number of hydrogen-bond donors (Lipinski definition) is 1. The van der Waals surface area contributed by atoms with Crippen LogP contribution in [0.2, 0.25) is 0 Å². The third-order valence-electron chi connectivity index (χ3n) is 1.63. The zero-order valence-electron chi connectivity index (χ0n) is 7.88. The summed E-state index contributed by atoms with van der Waals surface area (Å²) in [4.78, 5) is 15.0. The fraction of sp³-hybridized carbons (Fsp3) is 0.200. The Bertz CT molecular complexity index is 346. The first-order chi connectivity index (χ1) is 6.59. The normalized spacial score (nSPS) is 9.57. The van der Waals surface area contributed by atoms with Gasteiger partial charge in [0.2, 0.25) is 0 Å². The summed E-state index contributed by atoms with van der Waals surface area (Å²) in [7, 11) is 0. The smallest absolute Gasteiger partial charge is 0.161 e. The van der Waals surface area contributed by atoms with Crippen molar-refractivity contribution in [1.29, 1.82) is 0 Å². The number of nitrogens with zero attached hydrogens (tertiary/aromatic N) is 1. The second-order valence-corrected chi connectivity index (χ2v) is 3.39. The summed E-state index contributed by atoms with van der Waals surface area (Å²) in [6.45, 7) is 5.51. The second kappa shape index (κ2) is 4.77. The topological polar surface area (TPSA) is 42.0 Å². The molecule has 0 atom stereocenters. The summed E-state index contributed by atoms with van der Waals surface area (Å²) in [6.07, 6.45) is 1.53. The lowest BCUT2D eigenvalue weighted by atomic mass is 10.2. The molecule has 1 heterocycles. The van der Waals surface area contributed by atoms with E-state index in [1.54, 1.807) is 12.1 Å². The van der Waals surface area contributed by atoms with E-state index in [0.29, 0.717) is 23.0 Å². The molecule has 74 valence electrons. The maximum Gasteiger partial charge on any atom is 0.161 e. The Labute approximate surface area is 87.8 Å². The van der Waals surface area contributed by atoms with Crippen molar-refractivity contribution in [3.8, 4) is 0 Å². The molecule has 14 heavy (non-hydrogen) atoms. The van der Waals surface area contributed by atoms with Gasteiger partial charge in [0.25, 0.3) is 0 Å². The first kappa shape index (κ1) is 10.7. The van der Waals surface area contributed by atoms with Crippen molar-refractivity contribution in [2.24, 2.45) is 0 Å². The van der Waals surface area contributed by atoms with Gasteiger partial charge >= 0.3 is 0 Å². The molecule has 4 heteroatoms. The summed E-state index contributed by atoms with van der Waals surface area (Å²) in [5.74, 6) is 0.683. The molecule has 1 aromatic rings. The third kappa shape index (κ3) is 3.18. The molecular formula is C10H11ClN2O. The number of pyridine rings is 1. The summed E-state index contributed by atoms with van der Waals surface area (Å²) in [6, 6.07) is 3.45. The van der Waals surface area contributed by atoms with Gasteiger partial charge < -0.3 is 5.32 Å². The lowest BCUT2D eigenvalue weighted by molar-refractivity contribution is 0.101. The third-order valence-corrected chi connectivity index (χ3v) is 1.76. The molecule has 0 saturated heterocycles. The number of anilines is 1. The van der Waals surface area contributed by atoms with Gasteiger partial charge in [-0.1, -0.05) is 18.2 Å². The number of carbonyl (C=O) groups excluding carboxylic acids is 1. The molecule has 0 aliphatic heterocycles. The van der Waals surface area contributed by atoms with E-state index in [4.69, 9.17) is 11.6 Å². The number of hydrogen-bond acceptors (Lipinski definition) is 3. The van der Waals surface area contributed by atoms with E-state index >= 15 is 0 Å². The van der Waals surface area contributed by atoms with Crippen LogP contribution in [0.15, 0.2) is 29.9 Å². The highest BCUT2D eigenvalue weighted by Crippen LogP contribution is 2.06. The lowest BCUT2D eigenvalue weighted by Crippen LogP contribution is -2.03. The van der Waals surface area contributed by atoms with Crippen LogP contribution < -0.4 is 5.32 Å².